The number of oxazole rings is 1. The van der Waals surface area contributed by atoms with Crippen molar-refractivity contribution >= 4 is 29.0 Å². The summed E-state index contributed by atoms with van der Waals surface area (Å²) in [4.78, 5) is 50.4. The number of benzene rings is 1. The maximum atomic E-state index is 12.6. The van der Waals surface area contributed by atoms with Crippen LogP contribution in [0.15, 0.2) is 27.4 Å². The lowest BCUT2D eigenvalue weighted by Gasteiger charge is -2.31. The van der Waals surface area contributed by atoms with Crippen molar-refractivity contribution in [2.24, 2.45) is 0 Å². The van der Waals surface area contributed by atoms with Gasteiger partial charge in [-0.3, -0.25) is 24.4 Å². The van der Waals surface area contributed by atoms with Gasteiger partial charge < -0.3 is 19.2 Å². The molecule has 36 heavy (non-hydrogen) atoms. The average Bonchev–Trinajstić information content (AvgIpc) is 3.13. The van der Waals surface area contributed by atoms with Crippen molar-refractivity contribution in [3.63, 3.8) is 0 Å². The zero-order valence-corrected chi connectivity index (χ0v) is 20.6. The van der Waals surface area contributed by atoms with Gasteiger partial charge in [0.25, 0.3) is 0 Å². The third-order valence-corrected chi connectivity index (χ3v) is 5.78. The Kier molecular flexibility index (Phi) is 7.47. The minimum absolute atomic E-state index is 0.156. The highest BCUT2D eigenvalue weighted by Gasteiger charge is 2.31. The first-order chi connectivity index (χ1) is 17.1. The van der Waals surface area contributed by atoms with Crippen molar-refractivity contribution in [3.8, 4) is 11.8 Å². The number of alkyl carbamates (subject to hydrolysis) is 1. The molecule has 1 aromatic heterocycles. The predicted molar refractivity (Wildman–Crippen MR) is 129 cm³/mol. The Bertz CT molecular complexity index is 1280. The third kappa shape index (κ3) is 6.13. The summed E-state index contributed by atoms with van der Waals surface area (Å²) in [5, 5.41) is 5.00. The van der Waals surface area contributed by atoms with Gasteiger partial charge in [0, 0.05) is 26.1 Å². The maximum Gasteiger partial charge on any atom is 0.420 e. The Balaban J connectivity index is 1.40. The molecule has 0 aliphatic carbocycles. The van der Waals surface area contributed by atoms with Gasteiger partial charge in [-0.15, -0.1) is 0 Å². The zero-order chi connectivity index (χ0) is 25.9. The molecule has 192 valence electrons. The second kappa shape index (κ2) is 10.6. The highest BCUT2D eigenvalue weighted by Crippen LogP contribution is 2.24. The van der Waals surface area contributed by atoms with Crippen molar-refractivity contribution < 1.29 is 28.3 Å². The van der Waals surface area contributed by atoms with Crippen LogP contribution in [0.4, 0.5) is 4.79 Å². The van der Waals surface area contributed by atoms with Gasteiger partial charge in [0.1, 0.15) is 11.6 Å². The highest BCUT2D eigenvalue weighted by molar-refractivity contribution is 6.00. The lowest BCUT2D eigenvalue weighted by molar-refractivity contribution is -0.135. The normalized spacial score (nSPS) is 21.0. The smallest absolute Gasteiger partial charge is 0.420 e. The number of nitrogens with one attached hydrogen (secondary N) is 2. The molecular formula is C25H30N4O7. The number of amides is 3. The average molecular weight is 499 g/mol. The third-order valence-electron chi connectivity index (χ3n) is 5.78. The summed E-state index contributed by atoms with van der Waals surface area (Å²) in [6.07, 6.45) is -0.280. The van der Waals surface area contributed by atoms with Gasteiger partial charge in [-0.2, -0.15) is 0 Å². The summed E-state index contributed by atoms with van der Waals surface area (Å²) in [5.41, 5.74) is 0.735. The van der Waals surface area contributed by atoms with E-state index in [0.717, 1.165) is 0 Å². The van der Waals surface area contributed by atoms with E-state index in [-0.39, 0.29) is 24.9 Å². The first kappa shape index (κ1) is 25.5. The number of hydrogen-bond donors (Lipinski definition) is 2. The molecule has 0 spiro atoms. The number of para-hydroxylation sites is 1. The van der Waals surface area contributed by atoms with Gasteiger partial charge in [-0.25, -0.2) is 9.59 Å². The van der Waals surface area contributed by atoms with Crippen molar-refractivity contribution in [3.05, 3.63) is 34.3 Å². The van der Waals surface area contributed by atoms with Gasteiger partial charge in [0.2, 0.25) is 11.8 Å². The summed E-state index contributed by atoms with van der Waals surface area (Å²) in [6.45, 7) is 8.01. The predicted octanol–water partition coefficient (Wildman–Crippen LogP) is 1.15. The van der Waals surface area contributed by atoms with Crippen LogP contribution in [0.1, 0.15) is 45.2 Å². The van der Waals surface area contributed by atoms with E-state index in [1.54, 1.807) is 39.0 Å². The van der Waals surface area contributed by atoms with E-state index in [1.807, 2.05) is 0 Å². The van der Waals surface area contributed by atoms with Crippen LogP contribution in [0.5, 0.6) is 0 Å². The second-order valence-electron chi connectivity index (χ2n) is 9.77. The fourth-order valence-electron chi connectivity index (χ4n) is 4.18. The fraction of sp³-hybridized carbons (Fsp3) is 0.520. The Hall–Kier alpha value is -3.62. The molecule has 11 nitrogen and oxygen atoms in total. The molecule has 2 N–H and O–H groups in total. The van der Waals surface area contributed by atoms with Crippen molar-refractivity contribution in [2.45, 2.75) is 51.4 Å². The van der Waals surface area contributed by atoms with Gasteiger partial charge >= 0.3 is 11.8 Å². The molecule has 2 aliphatic heterocycles. The SMILES string of the molecule is CC(C)(C)OC(=O)NC[C@H]1CN(CC#Cc2cccc3c2oc(=O)n3C2CCC(=O)NC2=O)CCO1. The Morgan fingerprint density at radius 2 is 2.08 bits per heavy atom. The minimum atomic E-state index is -0.806. The van der Waals surface area contributed by atoms with Crippen LogP contribution in [-0.2, 0) is 19.1 Å². The van der Waals surface area contributed by atoms with Crippen LogP contribution >= 0.6 is 0 Å². The van der Waals surface area contributed by atoms with Gasteiger partial charge in [0.15, 0.2) is 5.58 Å². The van der Waals surface area contributed by atoms with Crippen LogP contribution < -0.4 is 16.4 Å². The van der Waals surface area contributed by atoms with E-state index in [1.165, 1.54) is 4.57 Å². The molecule has 2 fully saturated rings. The monoisotopic (exact) mass is 498 g/mol. The number of imide groups is 1. The molecule has 4 rings (SSSR count). The number of piperidine rings is 1. The number of aromatic nitrogens is 1. The molecule has 2 saturated heterocycles. The molecule has 3 heterocycles. The van der Waals surface area contributed by atoms with Gasteiger partial charge in [-0.05, 0) is 39.3 Å². The van der Waals surface area contributed by atoms with Crippen LogP contribution in [0, 0.1) is 11.8 Å². The summed E-state index contributed by atoms with van der Waals surface area (Å²) >= 11 is 0. The summed E-state index contributed by atoms with van der Waals surface area (Å²) < 4.78 is 17.7. The Labute approximate surface area is 208 Å². The van der Waals surface area contributed by atoms with E-state index in [4.69, 9.17) is 13.9 Å². The highest BCUT2D eigenvalue weighted by atomic mass is 16.6. The topological polar surface area (TPSA) is 132 Å². The molecule has 1 unspecified atom stereocenters. The van der Waals surface area contributed by atoms with Crippen LogP contribution in [0.2, 0.25) is 0 Å². The van der Waals surface area contributed by atoms with Gasteiger partial charge in [0.05, 0.1) is 30.3 Å². The van der Waals surface area contributed by atoms with E-state index in [0.29, 0.717) is 49.4 Å². The van der Waals surface area contributed by atoms with Crippen molar-refractivity contribution in [2.75, 3.05) is 32.8 Å². The van der Waals surface area contributed by atoms with E-state index < -0.39 is 29.4 Å². The van der Waals surface area contributed by atoms with Crippen LogP contribution in [0.25, 0.3) is 11.1 Å². The van der Waals surface area contributed by atoms with Crippen molar-refractivity contribution in [1.82, 2.24) is 20.1 Å². The molecule has 2 aromatic rings. The number of hydrogen-bond acceptors (Lipinski definition) is 8. The fourth-order valence-corrected chi connectivity index (χ4v) is 4.18. The molecule has 2 atom stereocenters. The number of fused-ring (bicyclic) bond motifs is 1. The Morgan fingerprint density at radius 3 is 2.83 bits per heavy atom. The van der Waals surface area contributed by atoms with E-state index in [9.17, 15) is 19.2 Å². The number of nitrogens with zero attached hydrogens (tertiary/aromatic N) is 2. The number of rotatable bonds is 4. The lowest BCUT2D eigenvalue weighted by Crippen LogP contribution is -2.48. The summed E-state index contributed by atoms with van der Waals surface area (Å²) in [6, 6.07) is 4.38. The minimum Gasteiger partial charge on any atom is -0.444 e. The number of carbonyl (C=O) groups is 3. The summed E-state index contributed by atoms with van der Waals surface area (Å²) in [5.74, 6) is 4.65. The molecule has 2 aliphatic rings. The first-order valence-electron chi connectivity index (χ1n) is 11.9. The van der Waals surface area contributed by atoms with Crippen LogP contribution in [0.3, 0.4) is 0 Å². The second-order valence-corrected chi connectivity index (χ2v) is 9.77. The zero-order valence-electron chi connectivity index (χ0n) is 20.6. The number of carbonyl (C=O) groups excluding carboxylic acids is 3. The lowest BCUT2D eigenvalue weighted by atomic mass is 10.1. The molecule has 3 amide bonds. The molecule has 11 heteroatoms. The number of morpholine rings is 1. The molecule has 1 aromatic carbocycles. The first-order valence-corrected chi connectivity index (χ1v) is 11.9. The number of ether oxygens (including phenoxy) is 2. The quantitative estimate of drug-likeness (QED) is 0.474. The van der Waals surface area contributed by atoms with E-state index >= 15 is 0 Å². The van der Waals surface area contributed by atoms with Crippen LogP contribution in [-0.4, -0.2) is 71.9 Å². The molecular weight excluding hydrogens is 468 g/mol. The molecule has 0 saturated carbocycles. The Morgan fingerprint density at radius 1 is 1.28 bits per heavy atom. The van der Waals surface area contributed by atoms with Gasteiger partial charge in [-0.1, -0.05) is 17.9 Å². The largest absolute Gasteiger partial charge is 0.444 e. The molecule has 0 radical (unpaired) electrons. The van der Waals surface area contributed by atoms with E-state index in [2.05, 4.69) is 27.4 Å². The van der Waals surface area contributed by atoms with Crippen molar-refractivity contribution in [1.29, 1.82) is 0 Å². The summed E-state index contributed by atoms with van der Waals surface area (Å²) in [7, 11) is 0. The molecule has 0 bridgehead atoms. The maximum absolute atomic E-state index is 12.6. The standard InChI is InChI=1S/C25H30N4O7/c1-25(2,3)36-23(32)26-14-17-15-28(12-13-34-17)11-5-7-16-6-4-8-18-21(16)35-24(33)29(18)19-9-10-20(30)27-22(19)31/h4,6,8,17,19H,9-15H2,1-3H3,(H,26,32)(H,27,30,31)/t17-,19?/m0/s1.